The number of carbonyl (C=O) groups is 4. The van der Waals surface area contributed by atoms with E-state index in [4.69, 9.17) is 48.3 Å². The molecule has 2 unspecified atom stereocenters. The number of unbranched alkanes of at least 4 members (excludes halogenated alkanes) is 2. The highest BCUT2D eigenvalue weighted by molar-refractivity contribution is 5.98. The second-order valence-electron chi connectivity index (χ2n) is 17.5. The number of aromatic hydroxyl groups is 1. The molecular weight excluding hydrogens is 931 g/mol. The third kappa shape index (κ3) is 19.7. The summed E-state index contributed by atoms with van der Waals surface area (Å²) in [4.78, 5) is 76.0. The van der Waals surface area contributed by atoms with Crippen molar-refractivity contribution in [1.29, 1.82) is 0 Å². The Morgan fingerprint density at radius 2 is 1.18 bits per heavy atom. The Hall–Kier alpha value is -6.95. The molecule has 3 rings (SSSR count). The number of phenols is 1. The van der Waals surface area contributed by atoms with Gasteiger partial charge in [-0.3, -0.25) is 34.0 Å². The van der Waals surface area contributed by atoms with Gasteiger partial charge in [-0.15, -0.1) is 0 Å². The molecule has 19 N–H and O–H groups in total. The van der Waals surface area contributed by atoms with Gasteiger partial charge in [-0.25, -0.2) is 0 Å². The van der Waals surface area contributed by atoms with E-state index in [0.717, 1.165) is 24.0 Å². The molecule has 0 saturated carbocycles. The van der Waals surface area contributed by atoms with Crippen LogP contribution in [0.1, 0.15) is 89.3 Å². The van der Waals surface area contributed by atoms with Crippen LogP contribution in [0.15, 0.2) is 54.6 Å². The highest BCUT2D eigenvalue weighted by Crippen LogP contribution is 2.39. The monoisotopic (exact) mass is 1010 g/mol. The van der Waals surface area contributed by atoms with Gasteiger partial charge in [0.15, 0.2) is 25.1 Å². The van der Waals surface area contributed by atoms with Crippen LogP contribution in [0.4, 0.5) is 0 Å². The van der Waals surface area contributed by atoms with Crippen LogP contribution in [0.2, 0.25) is 0 Å². The number of allylic oxidation sites excluding steroid dienone is 4. The molecule has 0 radical (unpaired) electrons. The largest absolute Gasteiger partial charge is 0.507 e. The molecule has 72 heavy (non-hydrogen) atoms. The zero-order valence-corrected chi connectivity index (χ0v) is 42.1. The molecule has 0 aliphatic carbocycles. The lowest BCUT2D eigenvalue weighted by atomic mass is 9.95. The molecule has 0 spiro atoms. The van der Waals surface area contributed by atoms with E-state index >= 15 is 0 Å². The smallest absolute Gasteiger partial charge is 0.258 e. The van der Waals surface area contributed by atoms with Crippen molar-refractivity contribution >= 4 is 57.5 Å². The molecule has 0 fully saturated rings. The second-order valence-corrected chi connectivity index (χ2v) is 17.5. The molecule has 0 aliphatic rings. The van der Waals surface area contributed by atoms with E-state index in [2.05, 4.69) is 36.6 Å². The molecule has 23 nitrogen and oxygen atoms in total. The van der Waals surface area contributed by atoms with E-state index in [9.17, 15) is 34.2 Å². The summed E-state index contributed by atoms with van der Waals surface area (Å²) < 4.78 is 18.5. The van der Waals surface area contributed by atoms with Crippen molar-refractivity contribution in [3.8, 4) is 17.2 Å². The number of phenolic OH excluding ortho intramolecular Hbond substituents is 1. The predicted octanol–water partition coefficient (Wildman–Crippen LogP) is -0.0944. The second kappa shape index (κ2) is 31.4. The highest BCUT2D eigenvalue weighted by Gasteiger charge is 2.27. The average molecular weight is 1010 g/mol. The van der Waals surface area contributed by atoms with Crippen molar-refractivity contribution in [3.05, 3.63) is 62.3 Å². The van der Waals surface area contributed by atoms with Crippen molar-refractivity contribution in [1.82, 2.24) is 26.6 Å². The molecule has 3 aromatic rings. The van der Waals surface area contributed by atoms with Crippen molar-refractivity contribution in [3.63, 3.8) is 0 Å². The lowest BCUT2D eigenvalue weighted by molar-refractivity contribution is -0.130. The van der Waals surface area contributed by atoms with E-state index in [0.29, 0.717) is 57.5 Å². The maximum absolute atomic E-state index is 14.7. The first-order chi connectivity index (χ1) is 34.4. The minimum atomic E-state index is -0.972. The highest BCUT2D eigenvalue weighted by atomic mass is 16.5. The molecule has 23 heteroatoms. The predicted molar refractivity (Wildman–Crippen MR) is 279 cm³/mol. The molecule has 0 saturated heterocycles. The number of fused-ring (bicyclic) bond motifs is 2. The Morgan fingerprint density at radius 3 is 1.68 bits per heavy atom. The molecular formula is C49H77N13O10. The summed E-state index contributed by atoms with van der Waals surface area (Å²) in [6.07, 6.45) is 7.40. The number of amides is 4. The number of aliphatic imine (C=N–C) groups is 2. The first kappa shape index (κ1) is 59.4. The van der Waals surface area contributed by atoms with Gasteiger partial charge in [0, 0.05) is 69.1 Å². The Bertz CT molecular complexity index is 2470. The third-order valence-electron chi connectivity index (χ3n) is 11.1. The summed E-state index contributed by atoms with van der Waals surface area (Å²) in [5, 5.41) is 36.8. The molecule has 398 valence electrons. The molecule has 1 aromatic heterocycles. The van der Waals surface area contributed by atoms with E-state index in [1.807, 2.05) is 39.8 Å². The fourth-order valence-electron chi connectivity index (χ4n) is 7.44. The number of hydrogen-bond donors (Lipinski definition) is 13. The van der Waals surface area contributed by atoms with Gasteiger partial charge in [0.1, 0.15) is 45.9 Å². The summed E-state index contributed by atoms with van der Waals surface area (Å²) in [5.74, 6) is -2.75. The maximum atomic E-state index is 14.7. The average Bonchev–Trinajstić information content (AvgIpc) is 3.32. The Balaban J connectivity index is 2.06. The first-order valence-corrected chi connectivity index (χ1v) is 24.2. The molecule has 4 amide bonds. The zero-order valence-electron chi connectivity index (χ0n) is 42.1. The summed E-state index contributed by atoms with van der Waals surface area (Å²) in [6.45, 7) is 8.77. The fourth-order valence-corrected chi connectivity index (χ4v) is 7.44. The molecule has 1 heterocycles. The van der Waals surface area contributed by atoms with Crippen LogP contribution in [0.25, 0.3) is 21.9 Å². The van der Waals surface area contributed by atoms with Crippen LogP contribution < -0.4 is 75.9 Å². The number of nitrogens with two attached hydrogens (primary N) is 6. The van der Waals surface area contributed by atoms with Gasteiger partial charge in [0.2, 0.25) is 17.2 Å². The fraction of sp³-hybridized carbons (Fsp3) is 0.531. The molecule has 0 bridgehead atoms. The van der Waals surface area contributed by atoms with Gasteiger partial charge in [-0.05, 0) is 91.2 Å². The number of nitrogens with one attached hydrogen (secondary N) is 5. The van der Waals surface area contributed by atoms with Crippen molar-refractivity contribution in [2.24, 2.45) is 44.4 Å². The van der Waals surface area contributed by atoms with Crippen LogP contribution in [0.3, 0.4) is 0 Å². The third-order valence-corrected chi connectivity index (χ3v) is 11.1. The van der Waals surface area contributed by atoms with E-state index in [1.54, 1.807) is 0 Å². The van der Waals surface area contributed by atoms with E-state index in [1.165, 1.54) is 12.1 Å². The van der Waals surface area contributed by atoms with Gasteiger partial charge in [0.25, 0.3) is 11.8 Å². The Labute approximate surface area is 420 Å². The Kier molecular flexibility index (Phi) is 25.9. The lowest BCUT2D eigenvalue weighted by Crippen LogP contribution is -2.49. The number of rotatable bonds is 33. The number of hydrogen-bond acceptors (Lipinski definition) is 15. The van der Waals surface area contributed by atoms with E-state index < -0.39 is 66.7 Å². The SMILES string of the molecule is CC(C)=CCc1c(OCC(=O)NC(CCCN=C(N)N)C(=O)NCCNCCN)cc2oc3cc(OCC(=O)NC(CCCN=C(N)N)C(=O)NCCCCCN)c(CO)c(CC=C(C)C)c3c(=O)c2c1O. The minimum Gasteiger partial charge on any atom is -0.507 e. The topological polar surface area (TPSA) is 398 Å². The van der Waals surface area contributed by atoms with Crippen LogP contribution in [-0.4, -0.2) is 123 Å². The lowest BCUT2D eigenvalue weighted by Gasteiger charge is -2.20. The normalized spacial score (nSPS) is 11.8. The quantitative estimate of drug-likeness (QED) is 0.0125. The van der Waals surface area contributed by atoms with Crippen LogP contribution in [0, 0.1) is 0 Å². The maximum Gasteiger partial charge on any atom is 0.258 e. The standard InChI is InChI=1S/C49H77N13O10/c1-29(2)12-14-31-33(26-63)37(71-28-41(65)61-34(10-8-19-59-48(52)53)46(68)57-18-7-5-6-16-50)25-38-42(31)45(67)43-39(72-38)24-36(32(44(43)66)15-13-30(3)4)70-27-40(64)62-35(11-9-20-60-49(54)55)47(69)58-23-22-56-21-17-51/h12-13,24-25,34-35,56,63,66H,5-11,14-23,26-28,50-51H2,1-4H3,(H,57,68)(H,58,69)(H,61,65)(H,62,64)(H4,52,53,59)(H4,54,55,60). The number of aliphatic hydroxyl groups is 1. The molecule has 2 atom stereocenters. The Morgan fingerprint density at radius 1 is 0.667 bits per heavy atom. The first-order valence-electron chi connectivity index (χ1n) is 24.2. The van der Waals surface area contributed by atoms with Gasteiger partial charge in [-0.1, -0.05) is 29.7 Å². The number of carbonyl (C=O) groups excluding carboxylic acids is 4. The van der Waals surface area contributed by atoms with Gasteiger partial charge >= 0.3 is 0 Å². The number of ether oxygens (including phenoxy) is 2. The van der Waals surface area contributed by atoms with Crippen LogP contribution in [0.5, 0.6) is 17.2 Å². The zero-order chi connectivity index (χ0) is 53.2. The van der Waals surface area contributed by atoms with Gasteiger partial charge < -0.3 is 85.1 Å². The summed E-state index contributed by atoms with van der Waals surface area (Å²) in [5.41, 5.74) is 34.8. The van der Waals surface area contributed by atoms with Crippen LogP contribution >= 0.6 is 0 Å². The van der Waals surface area contributed by atoms with Crippen LogP contribution in [-0.2, 0) is 38.6 Å². The summed E-state index contributed by atoms with van der Waals surface area (Å²) in [6, 6.07) is 0.846. The molecule has 2 aromatic carbocycles. The minimum absolute atomic E-state index is 0.00293. The number of aliphatic hydroxyl groups excluding tert-OH is 1. The van der Waals surface area contributed by atoms with E-state index in [-0.39, 0.29) is 102 Å². The number of nitrogens with zero attached hydrogens (tertiary/aromatic N) is 2. The van der Waals surface area contributed by atoms with Crippen molar-refractivity contribution in [2.75, 3.05) is 65.6 Å². The number of benzene rings is 2. The summed E-state index contributed by atoms with van der Waals surface area (Å²) in [7, 11) is 0. The summed E-state index contributed by atoms with van der Waals surface area (Å²) >= 11 is 0. The van der Waals surface area contributed by atoms with Gasteiger partial charge in [0.05, 0.1) is 12.0 Å². The van der Waals surface area contributed by atoms with Crippen molar-refractivity contribution < 1.29 is 43.3 Å². The van der Waals surface area contributed by atoms with Crippen molar-refractivity contribution in [2.45, 2.75) is 104 Å². The number of guanidine groups is 2. The molecule has 0 aliphatic heterocycles. The van der Waals surface area contributed by atoms with Gasteiger partial charge in [-0.2, -0.15) is 0 Å².